The van der Waals surface area contributed by atoms with E-state index in [1.165, 1.54) is 6.07 Å². The fraction of sp³-hybridized carbons (Fsp3) is 0.476. The molecule has 5 fully saturated rings. The minimum Gasteiger partial charge on any atom is -0.486 e. The summed E-state index contributed by atoms with van der Waals surface area (Å²) in [5, 5.41) is 12.8. The monoisotopic (exact) mass is 746 g/mol. The Morgan fingerprint density at radius 2 is 1.82 bits per heavy atom. The van der Waals surface area contributed by atoms with E-state index in [2.05, 4.69) is 55.6 Å². The zero-order chi connectivity index (χ0) is 37.2. The van der Waals surface area contributed by atoms with Gasteiger partial charge in [0.1, 0.15) is 29.9 Å². The molecule has 0 unspecified atom stereocenters. The van der Waals surface area contributed by atoms with Gasteiger partial charge in [0.15, 0.2) is 5.75 Å². The third-order valence-corrected chi connectivity index (χ3v) is 12.2. The van der Waals surface area contributed by atoms with E-state index in [0.29, 0.717) is 72.7 Å². The van der Waals surface area contributed by atoms with Gasteiger partial charge in [0, 0.05) is 79.5 Å². The summed E-state index contributed by atoms with van der Waals surface area (Å²) >= 11 is 0. The van der Waals surface area contributed by atoms with E-state index in [-0.39, 0.29) is 24.4 Å². The highest BCUT2D eigenvalue weighted by Gasteiger charge is 2.41. The molecule has 12 nitrogen and oxygen atoms in total. The number of hydrogen-bond donors (Lipinski definition) is 2. The number of carbonyl (C=O) groups excluding carboxylic acids is 1. The van der Waals surface area contributed by atoms with Gasteiger partial charge in [0.05, 0.1) is 31.5 Å². The number of H-pyrrole nitrogens is 1. The lowest BCUT2D eigenvalue weighted by molar-refractivity contribution is -0.136. The van der Waals surface area contributed by atoms with Gasteiger partial charge in [0.25, 0.3) is 0 Å². The van der Waals surface area contributed by atoms with Crippen molar-refractivity contribution in [1.82, 2.24) is 35.3 Å². The summed E-state index contributed by atoms with van der Waals surface area (Å²) < 4.78 is 35.1. The number of aromatic nitrogens is 4. The van der Waals surface area contributed by atoms with Crippen LogP contribution in [0.3, 0.4) is 0 Å². The maximum Gasteiger partial charge on any atom is 0.319 e. The third-order valence-electron chi connectivity index (χ3n) is 12.2. The van der Waals surface area contributed by atoms with Crippen molar-refractivity contribution in [3.8, 4) is 22.9 Å². The second-order valence-electron chi connectivity index (χ2n) is 16.1. The number of benzene rings is 3. The highest BCUT2D eigenvalue weighted by Crippen LogP contribution is 2.53. The lowest BCUT2D eigenvalue weighted by atomic mass is 9.88. The van der Waals surface area contributed by atoms with Crippen LogP contribution in [-0.4, -0.2) is 107 Å². The molecule has 1 aliphatic carbocycles. The van der Waals surface area contributed by atoms with Gasteiger partial charge >= 0.3 is 6.01 Å². The number of carbonyl (C=O) groups is 1. The molecule has 5 aromatic rings. The molecule has 2 bridgehead atoms. The summed E-state index contributed by atoms with van der Waals surface area (Å²) in [6.45, 7) is 7.75. The summed E-state index contributed by atoms with van der Waals surface area (Å²) in [7, 11) is 1.98. The molecule has 4 aliphatic heterocycles. The molecule has 286 valence electrons. The summed E-state index contributed by atoms with van der Waals surface area (Å²) in [6, 6.07) is 13.1. The van der Waals surface area contributed by atoms with Crippen LogP contribution in [0.2, 0.25) is 0 Å². The highest BCUT2D eigenvalue weighted by molar-refractivity contribution is 6.06. The molecule has 1 amide bonds. The van der Waals surface area contributed by atoms with Crippen LogP contribution >= 0.6 is 0 Å². The standard InChI is InChI=1S/C42H47FN8O4/c1-24-34(43)17-35-33(19-45-48-35)37(24)38-31(27-7-8-27)16-32-39(40(38)54-23-26-5-3-25(4-6-26)20-50-12-11-49(2)22-36(50)52)46-42(55-30-9-13-53-14-10-30)47-41(32)51-21-28-15-29(51)18-44-28/h3-6,16-17,19,27-30,44H,7-15,18,20-23H2,1-2H3,(H,45,48)/t28-,29-/m0/s1. The van der Waals surface area contributed by atoms with Gasteiger partial charge in [-0.25, -0.2) is 4.39 Å². The number of fused-ring (bicyclic) bond motifs is 4. The van der Waals surface area contributed by atoms with Gasteiger partial charge in [-0.05, 0) is 73.5 Å². The second-order valence-corrected chi connectivity index (χ2v) is 16.1. The van der Waals surface area contributed by atoms with Crippen molar-refractivity contribution >= 4 is 33.5 Å². The number of halogens is 1. The number of amides is 1. The number of ether oxygens (including phenoxy) is 3. The first-order valence-corrected chi connectivity index (χ1v) is 19.8. The molecule has 2 N–H and O–H groups in total. The Hall–Kier alpha value is -4.85. The molecular weight excluding hydrogens is 700 g/mol. The van der Waals surface area contributed by atoms with Gasteiger partial charge < -0.3 is 29.3 Å². The molecule has 2 atom stereocenters. The van der Waals surface area contributed by atoms with Gasteiger partial charge in [-0.2, -0.15) is 15.1 Å². The first kappa shape index (κ1) is 34.6. The molecular formula is C42H47FN8O4. The van der Waals surface area contributed by atoms with Crippen molar-refractivity contribution in [2.45, 2.75) is 76.3 Å². The zero-order valence-corrected chi connectivity index (χ0v) is 31.4. The molecule has 4 saturated heterocycles. The lowest BCUT2D eigenvalue weighted by Gasteiger charge is -2.32. The van der Waals surface area contributed by atoms with Crippen LogP contribution in [0, 0.1) is 12.7 Å². The van der Waals surface area contributed by atoms with Crippen LogP contribution in [0.1, 0.15) is 60.3 Å². The van der Waals surface area contributed by atoms with Crippen LogP contribution in [0.4, 0.5) is 10.2 Å². The maximum absolute atomic E-state index is 15.9. The minimum absolute atomic E-state index is 0.0546. The van der Waals surface area contributed by atoms with Gasteiger partial charge in [-0.3, -0.25) is 14.8 Å². The predicted octanol–water partition coefficient (Wildman–Crippen LogP) is 5.46. The summed E-state index contributed by atoms with van der Waals surface area (Å²) in [5.41, 5.74) is 6.63. The molecule has 6 heterocycles. The van der Waals surface area contributed by atoms with Crippen LogP contribution in [-0.2, 0) is 22.7 Å². The highest BCUT2D eigenvalue weighted by atomic mass is 19.1. The number of aromatic amines is 1. The molecule has 1 saturated carbocycles. The average Bonchev–Trinajstić information content (AvgIpc) is 3.54. The molecule has 13 heteroatoms. The second kappa shape index (κ2) is 14.0. The molecule has 55 heavy (non-hydrogen) atoms. The third kappa shape index (κ3) is 6.55. The Balaban J connectivity index is 1.11. The summed E-state index contributed by atoms with van der Waals surface area (Å²) in [6.07, 6.45) is 6.41. The maximum atomic E-state index is 15.9. The van der Waals surface area contributed by atoms with E-state index < -0.39 is 0 Å². The molecule has 10 rings (SSSR count). The van der Waals surface area contributed by atoms with Gasteiger partial charge in [-0.1, -0.05) is 24.3 Å². The van der Waals surface area contributed by atoms with E-state index in [4.69, 9.17) is 24.2 Å². The number of nitrogens with zero attached hydrogens (tertiary/aromatic N) is 6. The first-order chi connectivity index (χ1) is 26.9. The number of hydrogen-bond acceptors (Lipinski definition) is 10. The Morgan fingerprint density at radius 1 is 1.00 bits per heavy atom. The Kier molecular flexibility index (Phi) is 8.83. The molecule has 3 aromatic carbocycles. The molecule has 0 spiro atoms. The summed E-state index contributed by atoms with van der Waals surface area (Å²) in [5.74, 6) is 1.61. The van der Waals surface area contributed by atoms with Crippen LogP contribution in [0.5, 0.6) is 11.8 Å². The number of anilines is 1. The number of piperazine rings is 2. The first-order valence-electron chi connectivity index (χ1n) is 19.8. The Morgan fingerprint density at radius 3 is 2.56 bits per heavy atom. The van der Waals surface area contributed by atoms with Crippen molar-refractivity contribution in [2.24, 2.45) is 0 Å². The molecule has 0 radical (unpaired) electrons. The van der Waals surface area contributed by atoms with Crippen molar-refractivity contribution in [3.63, 3.8) is 0 Å². The van der Waals surface area contributed by atoms with Gasteiger partial charge in [0.2, 0.25) is 5.91 Å². The SMILES string of the molecule is Cc1c(F)cc2[nH]ncc2c1-c1c(C2CC2)cc2c(N3C[C@@H]4C[C@H]3CN4)nc(OC3CCOCC3)nc2c1OCc1ccc(CN2CCN(C)CC2=O)cc1. The summed E-state index contributed by atoms with van der Waals surface area (Å²) in [4.78, 5) is 29.4. The fourth-order valence-corrected chi connectivity index (χ4v) is 8.96. The largest absolute Gasteiger partial charge is 0.486 e. The quantitative estimate of drug-likeness (QED) is 0.191. The number of nitrogens with one attached hydrogen (secondary N) is 2. The van der Waals surface area contributed by atoms with Crippen molar-refractivity contribution in [3.05, 3.63) is 70.7 Å². The lowest BCUT2D eigenvalue weighted by Crippen LogP contribution is -2.48. The number of rotatable bonds is 10. The average molecular weight is 747 g/mol. The topological polar surface area (TPSA) is 121 Å². The van der Waals surface area contributed by atoms with E-state index in [0.717, 1.165) is 103 Å². The van der Waals surface area contributed by atoms with Crippen LogP contribution in [0.25, 0.3) is 32.9 Å². The smallest absolute Gasteiger partial charge is 0.319 e. The van der Waals surface area contributed by atoms with E-state index in [1.807, 2.05) is 18.9 Å². The van der Waals surface area contributed by atoms with E-state index >= 15 is 4.39 Å². The van der Waals surface area contributed by atoms with Crippen LogP contribution in [0.15, 0.2) is 42.6 Å². The Bertz CT molecular complexity index is 2270. The van der Waals surface area contributed by atoms with Crippen molar-refractivity contribution < 1.29 is 23.4 Å². The zero-order valence-electron chi connectivity index (χ0n) is 31.4. The number of likely N-dealkylation sites (N-methyl/N-ethyl adjacent to an activating group) is 1. The Labute approximate surface area is 319 Å². The van der Waals surface area contributed by atoms with Gasteiger partial charge in [-0.15, -0.1) is 0 Å². The normalized spacial score (nSPS) is 22.1. The van der Waals surface area contributed by atoms with E-state index in [9.17, 15) is 4.79 Å². The molecule has 2 aromatic heterocycles. The minimum atomic E-state index is -0.304. The van der Waals surface area contributed by atoms with Crippen molar-refractivity contribution in [1.29, 1.82) is 0 Å². The van der Waals surface area contributed by atoms with Crippen LogP contribution < -0.4 is 19.7 Å². The van der Waals surface area contributed by atoms with E-state index in [1.54, 1.807) is 6.20 Å². The fourth-order valence-electron chi connectivity index (χ4n) is 8.96. The van der Waals surface area contributed by atoms with Crippen molar-refractivity contribution in [2.75, 3.05) is 57.9 Å². The predicted molar refractivity (Wildman–Crippen MR) is 207 cm³/mol. The molecule has 5 aliphatic rings.